The first-order valence-corrected chi connectivity index (χ1v) is 11.4. The predicted octanol–water partition coefficient (Wildman–Crippen LogP) is 5.40. The molecule has 35 heavy (non-hydrogen) atoms. The van der Waals surface area contributed by atoms with Crippen molar-refractivity contribution in [2.75, 3.05) is 10.5 Å². The fraction of sp³-hybridized carbons (Fsp3) is 0.0455. The van der Waals surface area contributed by atoms with E-state index in [0.29, 0.717) is 6.07 Å². The van der Waals surface area contributed by atoms with Gasteiger partial charge in [-0.2, -0.15) is 4.39 Å². The molecule has 0 saturated heterocycles. The maximum Gasteiger partial charge on any atom is 0.228 e. The third-order valence-corrected chi connectivity index (χ3v) is 5.94. The van der Waals surface area contributed by atoms with Gasteiger partial charge in [0.05, 0.1) is 33.2 Å². The van der Waals surface area contributed by atoms with Crippen LogP contribution in [-0.4, -0.2) is 19.5 Å². The van der Waals surface area contributed by atoms with Crippen LogP contribution in [0.2, 0.25) is 5.02 Å². The Morgan fingerprint density at radius 1 is 1.00 bits per heavy atom. The first kappa shape index (κ1) is 24.5. The molecule has 0 amide bonds. The van der Waals surface area contributed by atoms with Gasteiger partial charge in [0.15, 0.2) is 28.8 Å². The zero-order chi connectivity index (χ0) is 25.1. The molecule has 1 unspecified atom stereocenters. The number of hydrogen-bond donors (Lipinski definition) is 2. The summed E-state index contributed by atoms with van der Waals surface area (Å²) in [6, 6.07) is 8.92. The summed E-state index contributed by atoms with van der Waals surface area (Å²) in [6.45, 7) is 0. The molecule has 0 aliphatic carbocycles. The molecule has 4 aromatic rings. The fourth-order valence-corrected chi connectivity index (χ4v) is 4.34. The molecule has 0 aliphatic rings. The normalized spacial score (nSPS) is 11.8. The lowest BCUT2D eigenvalue weighted by Crippen LogP contribution is -2.18. The molecule has 1 atom stereocenters. The molecule has 0 fully saturated rings. The summed E-state index contributed by atoms with van der Waals surface area (Å²) in [6.07, 6.45) is 2.70. The van der Waals surface area contributed by atoms with Gasteiger partial charge in [0.25, 0.3) is 0 Å². The summed E-state index contributed by atoms with van der Waals surface area (Å²) in [5.74, 6) is -6.93. The Balaban J connectivity index is 1.60. The van der Waals surface area contributed by atoms with E-state index in [1.54, 1.807) is 6.07 Å². The molecular weight excluding hydrogens is 510 g/mol. The molecule has 3 N–H and O–H groups in total. The van der Waals surface area contributed by atoms with E-state index in [1.807, 2.05) is 4.72 Å². The van der Waals surface area contributed by atoms with Crippen LogP contribution < -0.4 is 15.2 Å². The SMILES string of the molecule is Nc1nccc(-c2cccnc2Oc2cc(F)c(N[S+]([O-])Cc3c(F)cccc3Cl)c(F)c2F)n1. The van der Waals surface area contributed by atoms with E-state index in [4.69, 9.17) is 22.1 Å². The highest BCUT2D eigenvalue weighted by Gasteiger charge is 2.26. The first-order chi connectivity index (χ1) is 16.7. The van der Waals surface area contributed by atoms with Crippen LogP contribution in [0.4, 0.5) is 29.2 Å². The number of nitrogens with zero attached hydrogens (tertiary/aromatic N) is 3. The zero-order valence-electron chi connectivity index (χ0n) is 17.4. The molecule has 2 aromatic carbocycles. The molecular formula is C22H14ClF4N5O2S. The Morgan fingerprint density at radius 2 is 1.80 bits per heavy atom. The Morgan fingerprint density at radius 3 is 2.54 bits per heavy atom. The minimum atomic E-state index is -2.25. The monoisotopic (exact) mass is 523 g/mol. The van der Waals surface area contributed by atoms with Crippen LogP contribution in [0.1, 0.15) is 5.56 Å². The smallest absolute Gasteiger partial charge is 0.228 e. The topological polar surface area (TPSA) is 109 Å². The lowest BCUT2D eigenvalue weighted by Gasteiger charge is -2.16. The molecule has 0 spiro atoms. The lowest BCUT2D eigenvalue weighted by molar-refractivity contribution is 0.401. The highest BCUT2D eigenvalue weighted by Crippen LogP contribution is 2.36. The second-order valence-electron chi connectivity index (χ2n) is 6.91. The van der Waals surface area contributed by atoms with Crippen LogP contribution in [0.3, 0.4) is 0 Å². The second-order valence-corrected chi connectivity index (χ2v) is 8.50. The Labute approximate surface area is 204 Å². The van der Waals surface area contributed by atoms with Crippen molar-refractivity contribution >= 4 is 34.6 Å². The minimum Gasteiger partial charge on any atom is -0.593 e. The molecule has 2 heterocycles. The van der Waals surface area contributed by atoms with E-state index in [1.165, 1.54) is 36.7 Å². The molecule has 0 aliphatic heterocycles. The molecule has 0 radical (unpaired) electrons. The lowest BCUT2D eigenvalue weighted by atomic mass is 10.2. The standard InChI is InChI=1S/C22H14ClF4N5O2S/c23-13-4-1-5-14(24)12(13)10-35(33)32-20-15(25)9-17(18(26)19(20)27)34-21-11(3-2-7-29-21)16-6-8-30-22(28)31-16/h1-9,32H,10H2,(H2,28,30,31). The van der Waals surface area contributed by atoms with Gasteiger partial charge in [-0.05, 0) is 30.3 Å². The largest absolute Gasteiger partial charge is 0.593 e. The molecule has 4 rings (SSSR count). The van der Waals surface area contributed by atoms with E-state index in [0.717, 1.165) is 6.07 Å². The van der Waals surface area contributed by atoms with Gasteiger partial charge >= 0.3 is 0 Å². The van der Waals surface area contributed by atoms with Gasteiger partial charge in [0.1, 0.15) is 5.82 Å². The summed E-state index contributed by atoms with van der Waals surface area (Å²) in [5, 5.41) is -0.0207. The average molecular weight is 524 g/mol. The van der Waals surface area contributed by atoms with Crippen molar-refractivity contribution in [2.45, 2.75) is 5.75 Å². The number of aromatic nitrogens is 3. The van der Waals surface area contributed by atoms with E-state index >= 15 is 0 Å². The van der Waals surface area contributed by atoms with Crippen molar-refractivity contribution in [2.24, 2.45) is 0 Å². The number of hydrogen-bond acceptors (Lipinski definition) is 7. The van der Waals surface area contributed by atoms with Gasteiger partial charge in [-0.1, -0.05) is 17.7 Å². The zero-order valence-corrected chi connectivity index (χ0v) is 19.0. The molecule has 2 aromatic heterocycles. The van der Waals surface area contributed by atoms with Gasteiger partial charge < -0.3 is 15.0 Å². The van der Waals surface area contributed by atoms with Crippen molar-refractivity contribution in [3.8, 4) is 22.9 Å². The minimum absolute atomic E-state index is 0.0207. The average Bonchev–Trinajstić information content (AvgIpc) is 2.83. The van der Waals surface area contributed by atoms with Crippen molar-refractivity contribution in [1.29, 1.82) is 0 Å². The van der Waals surface area contributed by atoms with Crippen LogP contribution in [0.5, 0.6) is 11.6 Å². The van der Waals surface area contributed by atoms with Crippen LogP contribution in [0.25, 0.3) is 11.3 Å². The number of nitrogens with one attached hydrogen (secondary N) is 1. The van der Waals surface area contributed by atoms with E-state index < -0.39 is 51.8 Å². The summed E-state index contributed by atoms with van der Waals surface area (Å²) in [4.78, 5) is 11.8. The third kappa shape index (κ3) is 5.39. The number of halogens is 5. The maximum absolute atomic E-state index is 14.8. The first-order valence-electron chi connectivity index (χ1n) is 9.71. The number of nitrogen functional groups attached to an aromatic ring is 1. The molecule has 0 saturated carbocycles. The second kappa shape index (κ2) is 10.3. The Bertz CT molecular complexity index is 1380. The summed E-state index contributed by atoms with van der Waals surface area (Å²) >= 11 is 3.63. The van der Waals surface area contributed by atoms with Gasteiger partial charge in [-0.3, -0.25) is 0 Å². The van der Waals surface area contributed by atoms with Crippen LogP contribution in [-0.2, 0) is 17.1 Å². The Kier molecular flexibility index (Phi) is 7.24. The van der Waals surface area contributed by atoms with Crippen LogP contribution >= 0.6 is 11.6 Å². The van der Waals surface area contributed by atoms with Gasteiger partial charge in [-0.15, -0.1) is 0 Å². The van der Waals surface area contributed by atoms with E-state index in [9.17, 15) is 22.1 Å². The fourth-order valence-electron chi connectivity index (χ4n) is 2.99. The van der Waals surface area contributed by atoms with Crippen LogP contribution in [0, 0.1) is 23.3 Å². The Hall–Kier alpha value is -3.61. The van der Waals surface area contributed by atoms with Crippen molar-refractivity contribution < 1.29 is 26.9 Å². The summed E-state index contributed by atoms with van der Waals surface area (Å²) < 4.78 is 77.8. The quantitative estimate of drug-likeness (QED) is 0.190. The van der Waals surface area contributed by atoms with E-state index in [2.05, 4.69) is 15.0 Å². The highest BCUT2D eigenvalue weighted by atomic mass is 35.5. The molecule has 0 bridgehead atoms. The predicted molar refractivity (Wildman–Crippen MR) is 123 cm³/mol. The number of nitrogens with two attached hydrogens (primary N) is 1. The van der Waals surface area contributed by atoms with Crippen molar-refractivity contribution in [3.63, 3.8) is 0 Å². The van der Waals surface area contributed by atoms with Crippen molar-refractivity contribution in [1.82, 2.24) is 15.0 Å². The molecule has 180 valence electrons. The van der Waals surface area contributed by atoms with E-state index in [-0.39, 0.29) is 33.7 Å². The number of pyridine rings is 1. The van der Waals surface area contributed by atoms with Gasteiger partial charge in [-0.25, -0.2) is 32.8 Å². The number of rotatable bonds is 7. The number of benzene rings is 2. The van der Waals surface area contributed by atoms with Crippen LogP contribution in [0.15, 0.2) is 54.9 Å². The van der Waals surface area contributed by atoms with Crippen molar-refractivity contribution in [3.05, 3.63) is 88.7 Å². The third-order valence-electron chi connectivity index (χ3n) is 4.61. The molecule has 13 heteroatoms. The number of anilines is 2. The van der Waals surface area contributed by atoms with Gasteiger partial charge in [0, 0.05) is 18.5 Å². The van der Waals surface area contributed by atoms with Gasteiger partial charge in [0.2, 0.25) is 17.6 Å². The maximum atomic E-state index is 14.8. The highest BCUT2D eigenvalue weighted by molar-refractivity contribution is 7.91. The molecule has 7 nitrogen and oxygen atoms in total. The summed E-state index contributed by atoms with van der Waals surface area (Å²) in [7, 11) is 0. The summed E-state index contributed by atoms with van der Waals surface area (Å²) in [5.41, 5.74) is 4.96. The number of ether oxygens (including phenoxy) is 1.